The standard InChI is InChI=1S/C13H20ClNO.ClH/c1-3-6-11(9-10-15-2)16-13-8-5-4-7-12(13)14;/h4-5,7-8,11,15H,3,6,9-10H2,1-2H3;1H. The molecule has 1 unspecified atom stereocenters. The van der Waals surface area contributed by atoms with Crippen LogP contribution < -0.4 is 10.1 Å². The van der Waals surface area contributed by atoms with Gasteiger partial charge in [-0.25, -0.2) is 0 Å². The predicted molar refractivity (Wildman–Crippen MR) is 76.6 cm³/mol. The Bertz CT molecular complexity index is 307. The lowest BCUT2D eigenvalue weighted by Crippen LogP contribution is -2.22. The second-order valence-corrected chi connectivity index (χ2v) is 4.26. The third kappa shape index (κ3) is 6.16. The van der Waals surface area contributed by atoms with Gasteiger partial charge in [0.05, 0.1) is 11.1 Å². The van der Waals surface area contributed by atoms with Crippen molar-refractivity contribution in [2.75, 3.05) is 13.6 Å². The summed E-state index contributed by atoms with van der Waals surface area (Å²) >= 11 is 6.06. The van der Waals surface area contributed by atoms with Crippen LogP contribution in [0.2, 0.25) is 5.02 Å². The third-order valence-electron chi connectivity index (χ3n) is 2.46. The Kier molecular flexibility index (Phi) is 9.33. The Hall–Kier alpha value is -0.440. The first-order valence-corrected chi connectivity index (χ1v) is 6.21. The largest absolute Gasteiger partial charge is 0.489 e. The molecule has 1 aromatic rings. The maximum absolute atomic E-state index is 6.06. The Morgan fingerprint density at radius 3 is 2.59 bits per heavy atom. The molecular formula is C13H21Cl2NO. The number of halogens is 2. The summed E-state index contributed by atoms with van der Waals surface area (Å²) in [6.45, 7) is 3.14. The van der Waals surface area contributed by atoms with E-state index in [1.807, 2.05) is 31.3 Å². The fraction of sp³-hybridized carbons (Fsp3) is 0.538. The molecule has 0 aliphatic rings. The van der Waals surface area contributed by atoms with Gasteiger partial charge in [-0.3, -0.25) is 0 Å². The third-order valence-corrected chi connectivity index (χ3v) is 2.77. The minimum atomic E-state index is 0. The van der Waals surface area contributed by atoms with E-state index in [0.717, 1.165) is 31.6 Å². The number of ether oxygens (including phenoxy) is 1. The van der Waals surface area contributed by atoms with Crippen LogP contribution in [0.3, 0.4) is 0 Å². The molecule has 1 rings (SSSR count). The van der Waals surface area contributed by atoms with Crippen LogP contribution in [0, 0.1) is 0 Å². The summed E-state index contributed by atoms with van der Waals surface area (Å²) in [6.07, 6.45) is 3.44. The molecule has 1 aromatic carbocycles. The maximum Gasteiger partial charge on any atom is 0.138 e. The minimum absolute atomic E-state index is 0. The summed E-state index contributed by atoms with van der Waals surface area (Å²) in [6, 6.07) is 7.64. The number of rotatable bonds is 7. The van der Waals surface area contributed by atoms with Gasteiger partial charge in [0, 0.05) is 0 Å². The van der Waals surface area contributed by atoms with E-state index in [4.69, 9.17) is 16.3 Å². The Morgan fingerprint density at radius 2 is 2.00 bits per heavy atom. The summed E-state index contributed by atoms with van der Waals surface area (Å²) in [5, 5.41) is 3.83. The summed E-state index contributed by atoms with van der Waals surface area (Å²) in [5.74, 6) is 0.790. The first-order chi connectivity index (χ1) is 7.77. The van der Waals surface area contributed by atoms with Gasteiger partial charge < -0.3 is 10.1 Å². The molecule has 0 aliphatic heterocycles. The van der Waals surface area contributed by atoms with Gasteiger partial charge in [-0.2, -0.15) is 0 Å². The molecule has 0 radical (unpaired) electrons. The van der Waals surface area contributed by atoms with Crippen molar-refractivity contribution in [3.05, 3.63) is 29.3 Å². The van der Waals surface area contributed by atoms with Crippen molar-refractivity contribution in [3.63, 3.8) is 0 Å². The zero-order valence-corrected chi connectivity index (χ0v) is 12.0. The number of para-hydroxylation sites is 1. The van der Waals surface area contributed by atoms with Gasteiger partial charge in [0.2, 0.25) is 0 Å². The van der Waals surface area contributed by atoms with Crippen LogP contribution >= 0.6 is 24.0 Å². The monoisotopic (exact) mass is 277 g/mol. The molecule has 0 amide bonds. The SMILES string of the molecule is CCCC(CCNC)Oc1ccccc1Cl.Cl. The van der Waals surface area contributed by atoms with E-state index >= 15 is 0 Å². The molecule has 0 aliphatic carbocycles. The highest BCUT2D eigenvalue weighted by atomic mass is 35.5. The van der Waals surface area contributed by atoms with Gasteiger partial charge in [-0.05, 0) is 38.6 Å². The summed E-state index contributed by atoms with van der Waals surface area (Å²) in [7, 11) is 1.96. The average Bonchev–Trinajstić information content (AvgIpc) is 2.29. The fourth-order valence-corrected chi connectivity index (χ4v) is 1.79. The molecule has 0 heterocycles. The Labute approximate surface area is 115 Å². The number of hydrogen-bond acceptors (Lipinski definition) is 2. The first-order valence-electron chi connectivity index (χ1n) is 5.83. The Balaban J connectivity index is 0.00000256. The molecule has 1 N–H and O–H groups in total. The smallest absolute Gasteiger partial charge is 0.138 e. The molecule has 98 valence electrons. The van der Waals surface area contributed by atoms with Crippen LogP contribution in [0.1, 0.15) is 26.2 Å². The van der Waals surface area contributed by atoms with Gasteiger partial charge in [0.15, 0.2) is 0 Å². The molecule has 1 atom stereocenters. The van der Waals surface area contributed by atoms with Crippen LogP contribution in [0.25, 0.3) is 0 Å². The molecule has 0 saturated heterocycles. The number of nitrogens with one attached hydrogen (secondary N) is 1. The van der Waals surface area contributed by atoms with E-state index in [1.54, 1.807) is 0 Å². The molecule has 2 nitrogen and oxygen atoms in total. The molecular weight excluding hydrogens is 257 g/mol. The van der Waals surface area contributed by atoms with Gasteiger partial charge in [0.25, 0.3) is 0 Å². The van der Waals surface area contributed by atoms with Crippen molar-refractivity contribution in [2.24, 2.45) is 0 Å². The molecule has 0 saturated carbocycles. The van der Waals surface area contributed by atoms with Crippen LogP contribution in [-0.4, -0.2) is 19.7 Å². The van der Waals surface area contributed by atoms with E-state index in [-0.39, 0.29) is 18.5 Å². The van der Waals surface area contributed by atoms with E-state index in [9.17, 15) is 0 Å². The highest BCUT2D eigenvalue weighted by molar-refractivity contribution is 6.32. The lowest BCUT2D eigenvalue weighted by atomic mass is 10.1. The van der Waals surface area contributed by atoms with E-state index < -0.39 is 0 Å². The van der Waals surface area contributed by atoms with Crippen molar-refractivity contribution in [1.29, 1.82) is 0 Å². The van der Waals surface area contributed by atoms with Gasteiger partial charge in [-0.1, -0.05) is 37.1 Å². The molecule has 0 aromatic heterocycles. The fourth-order valence-electron chi connectivity index (χ4n) is 1.61. The van der Waals surface area contributed by atoms with Gasteiger partial charge in [0.1, 0.15) is 5.75 Å². The second kappa shape index (κ2) is 9.58. The van der Waals surface area contributed by atoms with Crippen molar-refractivity contribution in [3.8, 4) is 5.75 Å². The van der Waals surface area contributed by atoms with E-state index in [2.05, 4.69) is 12.2 Å². The zero-order valence-electron chi connectivity index (χ0n) is 10.4. The lowest BCUT2D eigenvalue weighted by Gasteiger charge is -2.19. The number of benzene rings is 1. The zero-order chi connectivity index (χ0) is 11.8. The number of hydrogen-bond donors (Lipinski definition) is 1. The van der Waals surface area contributed by atoms with Crippen LogP contribution in [0.15, 0.2) is 24.3 Å². The molecule has 0 bridgehead atoms. The van der Waals surface area contributed by atoms with Gasteiger partial charge in [-0.15, -0.1) is 12.4 Å². The van der Waals surface area contributed by atoms with E-state index in [0.29, 0.717) is 5.02 Å². The predicted octanol–water partition coefficient (Wildman–Crippen LogP) is 3.92. The maximum atomic E-state index is 6.06. The molecule has 4 heteroatoms. The van der Waals surface area contributed by atoms with Crippen molar-refractivity contribution in [1.82, 2.24) is 5.32 Å². The summed E-state index contributed by atoms with van der Waals surface area (Å²) < 4.78 is 5.92. The topological polar surface area (TPSA) is 21.3 Å². The van der Waals surface area contributed by atoms with Crippen LogP contribution in [-0.2, 0) is 0 Å². The highest BCUT2D eigenvalue weighted by Gasteiger charge is 2.10. The molecule has 17 heavy (non-hydrogen) atoms. The summed E-state index contributed by atoms with van der Waals surface area (Å²) in [5.41, 5.74) is 0. The first kappa shape index (κ1) is 16.6. The van der Waals surface area contributed by atoms with Crippen LogP contribution in [0.5, 0.6) is 5.75 Å². The summed E-state index contributed by atoms with van der Waals surface area (Å²) in [4.78, 5) is 0. The quantitative estimate of drug-likeness (QED) is 0.816. The molecule has 0 fully saturated rings. The van der Waals surface area contributed by atoms with Crippen molar-refractivity contribution < 1.29 is 4.74 Å². The van der Waals surface area contributed by atoms with Gasteiger partial charge >= 0.3 is 0 Å². The van der Waals surface area contributed by atoms with Crippen LogP contribution in [0.4, 0.5) is 0 Å². The lowest BCUT2D eigenvalue weighted by molar-refractivity contribution is 0.180. The molecule has 0 spiro atoms. The Morgan fingerprint density at radius 1 is 1.29 bits per heavy atom. The normalized spacial score (nSPS) is 11.7. The van der Waals surface area contributed by atoms with E-state index in [1.165, 1.54) is 0 Å². The van der Waals surface area contributed by atoms with Crippen molar-refractivity contribution >= 4 is 24.0 Å². The minimum Gasteiger partial charge on any atom is -0.489 e. The second-order valence-electron chi connectivity index (χ2n) is 3.85. The van der Waals surface area contributed by atoms with Crippen molar-refractivity contribution in [2.45, 2.75) is 32.3 Å². The highest BCUT2D eigenvalue weighted by Crippen LogP contribution is 2.25. The average molecular weight is 278 g/mol.